The summed E-state index contributed by atoms with van der Waals surface area (Å²) in [5.74, 6) is -0.00551. The van der Waals surface area contributed by atoms with Gasteiger partial charge in [0, 0.05) is 13.2 Å². The topological polar surface area (TPSA) is 58.6 Å². The molecule has 1 rings (SSSR count). The minimum atomic E-state index is -0.00898. The maximum atomic E-state index is 11.3. The van der Waals surface area contributed by atoms with Crippen molar-refractivity contribution in [2.75, 3.05) is 26.4 Å². The zero-order chi connectivity index (χ0) is 8.81. The second-order valence-electron chi connectivity index (χ2n) is 2.93. The fourth-order valence-electron chi connectivity index (χ4n) is 1.27. The van der Waals surface area contributed by atoms with Gasteiger partial charge in [-0.25, -0.2) is 0 Å². The van der Waals surface area contributed by atoms with Crippen LogP contribution in [0.1, 0.15) is 12.8 Å². The second-order valence-corrected chi connectivity index (χ2v) is 2.93. The lowest BCUT2D eigenvalue weighted by atomic mass is 10.0. The molecule has 4 heteroatoms. The van der Waals surface area contributed by atoms with Gasteiger partial charge in [0.25, 0.3) is 0 Å². The Morgan fingerprint density at radius 2 is 2.50 bits per heavy atom. The molecule has 0 aromatic heterocycles. The summed E-state index contributed by atoms with van der Waals surface area (Å²) >= 11 is 0. The van der Waals surface area contributed by atoms with E-state index in [0.717, 1.165) is 19.4 Å². The lowest BCUT2D eigenvalue weighted by Crippen LogP contribution is -2.36. The first-order valence-electron chi connectivity index (χ1n) is 4.31. The Labute approximate surface area is 71.9 Å². The van der Waals surface area contributed by atoms with Gasteiger partial charge in [-0.2, -0.15) is 0 Å². The van der Waals surface area contributed by atoms with Crippen molar-refractivity contribution >= 4 is 5.91 Å². The highest BCUT2D eigenvalue weighted by atomic mass is 16.5. The SMILES string of the molecule is O=C(NCCO)C1CCCOC1. The molecule has 12 heavy (non-hydrogen) atoms. The Bertz CT molecular complexity index is 143. The molecule has 2 N–H and O–H groups in total. The van der Waals surface area contributed by atoms with Crippen LogP contribution in [0.2, 0.25) is 0 Å². The summed E-state index contributed by atoms with van der Waals surface area (Å²) in [7, 11) is 0. The molecule has 1 saturated heterocycles. The lowest BCUT2D eigenvalue weighted by molar-refractivity contribution is -0.129. The van der Waals surface area contributed by atoms with E-state index in [0.29, 0.717) is 13.2 Å². The van der Waals surface area contributed by atoms with E-state index >= 15 is 0 Å². The van der Waals surface area contributed by atoms with Crippen LogP contribution in [0, 0.1) is 5.92 Å². The Hall–Kier alpha value is -0.610. The quantitative estimate of drug-likeness (QED) is 0.606. The zero-order valence-corrected chi connectivity index (χ0v) is 7.08. The lowest BCUT2D eigenvalue weighted by Gasteiger charge is -2.20. The molecule has 1 aliphatic heterocycles. The van der Waals surface area contributed by atoms with Gasteiger partial charge in [0.1, 0.15) is 0 Å². The summed E-state index contributed by atoms with van der Waals surface area (Å²) in [5.41, 5.74) is 0. The van der Waals surface area contributed by atoms with Crippen LogP contribution in [0.5, 0.6) is 0 Å². The van der Waals surface area contributed by atoms with Crippen LogP contribution in [-0.2, 0) is 9.53 Å². The number of ether oxygens (including phenoxy) is 1. The first kappa shape index (κ1) is 9.48. The maximum absolute atomic E-state index is 11.3. The average Bonchev–Trinajstić information content (AvgIpc) is 2.15. The summed E-state index contributed by atoms with van der Waals surface area (Å²) in [6.45, 7) is 1.63. The van der Waals surface area contributed by atoms with Crippen molar-refractivity contribution in [1.29, 1.82) is 0 Å². The highest BCUT2D eigenvalue weighted by Gasteiger charge is 2.20. The molecular formula is C8H15NO3. The molecule has 4 nitrogen and oxygen atoms in total. The first-order valence-corrected chi connectivity index (χ1v) is 4.31. The first-order chi connectivity index (χ1) is 5.84. The summed E-state index contributed by atoms with van der Waals surface area (Å²) in [6, 6.07) is 0. The van der Waals surface area contributed by atoms with E-state index in [4.69, 9.17) is 9.84 Å². The molecule has 1 heterocycles. The van der Waals surface area contributed by atoms with Gasteiger partial charge in [0.05, 0.1) is 19.1 Å². The Balaban J connectivity index is 2.20. The number of rotatable bonds is 3. The normalized spacial score (nSPS) is 23.6. The van der Waals surface area contributed by atoms with Crippen LogP contribution in [0.15, 0.2) is 0 Å². The van der Waals surface area contributed by atoms with E-state index < -0.39 is 0 Å². The molecule has 0 spiro atoms. The third-order valence-electron chi connectivity index (χ3n) is 1.94. The van der Waals surface area contributed by atoms with E-state index in [9.17, 15) is 4.79 Å². The van der Waals surface area contributed by atoms with Gasteiger partial charge >= 0.3 is 0 Å². The number of carbonyl (C=O) groups excluding carboxylic acids is 1. The van der Waals surface area contributed by atoms with E-state index in [1.165, 1.54) is 0 Å². The standard InChI is InChI=1S/C8H15NO3/c10-4-3-9-8(11)7-2-1-5-12-6-7/h7,10H,1-6H2,(H,9,11). The molecule has 1 atom stereocenters. The van der Waals surface area contributed by atoms with Crippen LogP contribution >= 0.6 is 0 Å². The highest BCUT2D eigenvalue weighted by molar-refractivity contribution is 5.78. The predicted molar refractivity (Wildman–Crippen MR) is 43.6 cm³/mol. The predicted octanol–water partition coefficient (Wildman–Crippen LogP) is -0.479. The molecule has 0 bridgehead atoms. The molecule has 0 saturated carbocycles. The van der Waals surface area contributed by atoms with Crippen molar-refractivity contribution in [3.8, 4) is 0 Å². The summed E-state index contributed by atoms with van der Waals surface area (Å²) in [5, 5.41) is 11.1. The molecule has 0 aromatic carbocycles. The fraction of sp³-hybridized carbons (Fsp3) is 0.875. The van der Waals surface area contributed by atoms with E-state index in [-0.39, 0.29) is 18.4 Å². The van der Waals surface area contributed by atoms with Gasteiger partial charge < -0.3 is 15.2 Å². The molecule has 1 aliphatic rings. The third kappa shape index (κ3) is 2.79. The van der Waals surface area contributed by atoms with Crippen molar-refractivity contribution in [1.82, 2.24) is 5.32 Å². The molecule has 1 fully saturated rings. The van der Waals surface area contributed by atoms with Crippen LogP contribution in [0.25, 0.3) is 0 Å². The summed E-state index contributed by atoms with van der Waals surface area (Å²) in [6.07, 6.45) is 1.86. The largest absolute Gasteiger partial charge is 0.395 e. The smallest absolute Gasteiger partial charge is 0.225 e. The van der Waals surface area contributed by atoms with Crippen molar-refractivity contribution in [3.05, 3.63) is 0 Å². The molecule has 70 valence electrons. The number of hydrogen-bond acceptors (Lipinski definition) is 3. The molecule has 1 unspecified atom stereocenters. The van der Waals surface area contributed by atoms with Crippen molar-refractivity contribution in [3.63, 3.8) is 0 Å². The maximum Gasteiger partial charge on any atom is 0.225 e. The van der Waals surface area contributed by atoms with E-state index in [2.05, 4.69) is 5.32 Å². The number of amides is 1. The molecule has 1 amide bonds. The monoisotopic (exact) mass is 173 g/mol. The van der Waals surface area contributed by atoms with Crippen LogP contribution < -0.4 is 5.32 Å². The highest BCUT2D eigenvalue weighted by Crippen LogP contribution is 2.12. The van der Waals surface area contributed by atoms with Crippen molar-refractivity contribution in [2.24, 2.45) is 5.92 Å². The summed E-state index contributed by atoms with van der Waals surface area (Å²) in [4.78, 5) is 11.3. The van der Waals surface area contributed by atoms with E-state index in [1.807, 2.05) is 0 Å². The molecular weight excluding hydrogens is 158 g/mol. The van der Waals surface area contributed by atoms with Crippen LogP contribution in [0.4, 0.5) is 0 Å². The average molecular weight is 173 g/mol. The number of aliphatic hydroxyl groups is 1. The van der Waals surface area contributed by atoms with Crippen LogP contribution in [-0.4, -0.2) is 37.4 Å². The minimum absolute atomic E-state index is 0.000677. The minimum Gasteiger partial charge on any atom is -0.395 e. The molecule has 0 aliphatic carbocycles. The number of hydrogen-bond donors (Lipinski definition) is 2. The molecule has 0 aromatic rings. The Morgan fingerprint density at radius 3 is 3.08 bits per heavy atom. The summed E-state index contributed by atoms with van der Waals surface area (Å²) < 4.78 is 5.16. The Morgan fingerprint density at radius 1 is 1.67 bits per heavy atom. The van der Waals surface area contributed by atoms with Gasteiger partial charge in [-0.1, -0.05) is 0 Å². The van der Waals surface area contributed by atoms with Gasteiger partial charge in [-0.3, -0.25) is 4.79 Å². The van der Waals surface area contributed by atoms with Gasteiger partial charge in [0.2, 0.25) is 5.91 Å². The zero-order valence-electron chi connectivity index (χ0n) is 7.08. The van der Waals surface area contributed by atoms with Crippen molar-refractivity contribution < 1.29 is 14.6 Å². The van der Waals surface area contributed by atoms with Gasteiger partial charge in [0.15, 0.2) is 0 Å². The van der Waals surface area contributed by atoms with Crippen molar-refractivity contribution in [2.45, 2.75) is 12.8 Å². The van der Waals surface area contributed by atoms with Gasteiger partial charge in [-0.05, 0) is 12.8 Å². The Kier molecular flexibility index (Phi) is 4.04. The number of aliphatic hydroxyl groups excluding tert-OH is 1. The number of nitrogens with one attached hydrogen (secondary N) is 1. The second kappa shape index (κ2) is 5.11. The fourth-order valence-corrected chi connectivity index (χ4v) is 1.27. The van der Waals surface area contributed by atoms with E-state index in [1.54, 1.807) is 0 Å². The number of carbonyl (C=O) groups is 1. The molecule has 0 radical (unpaired) electrons. The van der Waals surface area contributed by atoms with Crippen LogP contribution in [0.3, 0.4) is 0 Å². The van der Waals surface area contributed by atoms with Gasteiger partial charge in [-0.15, -0.1) is 0 Å². The third-order valence-corrected chi connectivity index (χ3v) is 1.94.